The van der Waals surface area contributed by atoms with E-state index in [1.807, 2.05) is 16.9 Å². The van der Waals surface area contributed by atoms with Crippen molar-refractivity contribution < 1.29 is 4.39 Å². The molecule has 192 valence electrons. The van der Waals surface area contributed by atoms with Crippen LogP contribution in [0.5, 0.6) is 0 Å². The summed E-state index contributed by atoms with van der Waals surface area (Å²) >= 11 is 6.71. The summed E-state index contributed by atoms with van der Waals surface area (Å²) in [5.41, 5.74) is 2.00. The van der Waals surface area contributed by atoms with E-state index in [2.05, 4.69) is 52.8 Å². The number of fused-ring (bicyclic) bond motifs is 1. The zero-order valence-corrected chi connectivity index (χ0v) is 22.3. The third-order valence-electron chi connectivity index (χ3n) is 7.22. The van der Waals surface area contributed by atoms with Crippen molar-refractivity contribution in [1.82, 2.24) is 20.0 Å². The molecule has 0 aliphatic heterocycles. The van der Waals surface area contributed by atoms with Crippen molar-refractivity contribution >= 4 is 41.7 Å². The summed E-state index contributed by atoms with van der Waals surface area (Å²) in [6, 6.07) is 12.1. The number of nitriles is 1. The number of benzene rings is 2. The molecule has 1 aliphatic rings. The first-order chi connectivity index (χ1) is 18.1. The predicted molar refractivity (Wildman–Crippen MR) is 149 cm³/mol. The molecule has 2 aromatic carbocycles. The normalized spacial score (nSPS) is 15.2. The summed E-state index contributed by atoms with van der Waals surface area (Å²) in [6.45, 7) is 7.12. The second-order valence-corrected chi connectivity index (χ2v) is 11.0. The molecule has 0 bridgehead atoms. The molecule has 1 atom stereocenters. The van der Waals surface area contributed by atoms with E-state index in [4.69, 9.17) is 19.4 Å². The summed E-state index contributed by atoms with van der Waals surface area (Å²) in [5, 5.41) is 26.4. The van der Waals surface area contributed by atoms with Gasteiger partial charge in [0.15, 0.2) is 0 Å². The van der Waals surface area contributed by atoms with Crippen molar-refractivity contribution in [3.05, 3.63) is 76.5 Å². The lowest BCUT2D eigenvalue weighted by Gasteiger charge is -2.32. The van der Waals surface area contributed by atoms with Crippen LogP contribution in [0, 0.1) is 22.6 Å². The number of hydrogen-bond acceptors (Lipinski definition) is 6. The molecule has 38 heavy (non-hydrogen) atoms. The minimum atomic E-state index is -1.34. The number of nitrogens with one attached hydrogen (secondary N) is 2. The van der Waals surface area contributed by atoms with Gasteiger partial charge in [0.05, 0.1) is 39.5 Å². The fourth-order valence-corrected chi connectivity index (χ4v) is 4.53. The second kappa shape index (κ2) is 9.92. The Balaban J connectivity index is 1.61. The fraction of sp³-hybridized carbons (Fsp3) is 0.357. The van der Waals surface area contributed by atoms with E-state index in [0.717, 1.165) is 19.3 Å². The van der Waals surface area contributed by atoms with Crippen LogP contribution in [0.1, 0.15) is 62.9 Å². The highest BCUT2D eigenvalue weighted by atomic mass is 35.5. The molecule has 2 heterocycles. The van der Waals surface area contributed by atoms with Crippen LogP contribution in [0.2, 0.25) is 5.02 Å². The first-order valence-electron chi connectivity index (χ1n) is 12.6. The van der Waals surface area contributed by atoms with Crippen LogP contribution in [0.15, 0.2) is 48.8 Å². The Hall–Kier alpha value is -3.64. The lowest BCUT2D eigenvalue weighted by molar-refractivity contribution is 0.377. The van der Waals surface area contributed by atoms with Crippen molar-refractivity contribution in [2.45, 2.75) is 51.5 Å². The van der Waals surface area contributed by atoms with Gasteiger partial charge in [0.2, 0.25) is 0 Å². The van der Waals surface area contributed by atoms with Crippen LogP contribution < -0.4 is 10.6 Å². The maximum atomic E-state index is 13.8. The molecule has 0 saturated heterocycles. The number of halogens is 2. The number of nitrogens with zero attached hydrogens (tertiary/aromatic N) is 5. The van der Waals surface area contributed by atoms with Crippen molar-refractivity contribution in [2.24, 2.45) is 5.41 Å². The van der Waals surface area contributed by atoms with Gasteiger partial charge >= 0.3 is 0 Å². The Morgan fingerprint density at radius 1 is 1.24 bits per heavy atom. The highest BCUT2D eigenvalue weighted by molar-refractivity contribution is 6.36. The molecule has 0 amide bonds. The van der Waals surface area contributed by atoms with Gasteiger partial charge in [-0.1, -0.05) is 49.7 Å². The monoisotopic (exact) mass is 527 g/mol. The first-order valence-corrected chi connectivity index (χ1v) is 13.0. The number of aromatic nitrogens is 4. The van der Waals surface area contributed by atoms with Gasteiger partial charge in [0.1, 0.15) is 25.4 Å². The summed E-state index contributed by atoms with van der Waals surface area (Å²) in [7, 11) is 7.00. The topological polar surface area (TPSA) is 91.5 Å². The average molecular weight is 528 g/mol. The van der Waals surface area contributed by atoms with Crippen molar-refractivity contribution in [3.8, 4) is 6.07 Å². The van der Waals surface area contributed by atoms with Crippen LogP contribution in [-0.4, -0.2) is 34.4 Å². The SMILES string of the molecule is [B]C(Nc1cc(Cl)c2ncc(C#N)c(NCC(C)(C)CC)c2c1)(c1ccc(F)cc1)c1cn(C2CC2)nn1. The molecule has 5 rings (SSSR count). The number of rotatable bonds is 9. The van der Waals surface area contributed by atoms with Crippen LogP contribution in [0.4, 0.5) is 15.8 Å². The third kappa shape index (κ3) is 5.05. The molecular formula is C28H28BClFN7. The van der Waals surface area contributed by atoms with E-state index in [-0.39, 0.29) is 11.2 Å². The van der Waals surface area contributed by atoms with Gasteiger partial charge in [0, 0.05) is 23.8 Å². The molecular weight excluding hydrogens is 500 g/mol. The van der Waals surface area contributed by atoms with Crippen molar-refractivity contribution in [2.75, 3.05) is 17.2 Å². The van der Waals surface area contributed by atoms with Gasteiger partial charge in [-0.25, -0.2) is 9.07 Å². The Labute approximate surface area is 227 Å². The van der Waals surface area contributed by atoms with Crippen LogP contribution in [0.25, 0.3) is 10.9 Å². The Bertz CT molecular complexity index is 1520. The van der Waals surface area contributed by atoms with E-state index in [0.29, 0.717) is 56.7 Å². The molecule has 1 saturated carbocycles. The second-order valence-electron chi connectivity index (χ2n) is 10.6. The zero-order valence-electron chi connectivity index (χ0n) is 21.6. The minimum Gasteiger partial charge on any atom is -0.383 e. The standard InChI is InChI=1S/C28H28BClFN7/c1-4-27(2,3)16-34-25-17(13-32)14-33-26-22(25)11-20(12-23(26)30)35-28(29,18-5-7-19(31)8-6-18)24-15-38(37-36-24)21-9-10-21/h5-8,11-12,14-15,21,35H,4,9-10,16H2,1-3H3,(H,33,34). The average Bonchev–Trinajstić information content (AvgIpc) is 3.63. The third-order valence-corrected chi connectivity index (χ3v) is 7.51. The van der Waals surface area contributed by atoms with Crippen LogP contribution in [-0.2, 0) is 5.44 Å². The largest absolute Gasteiger partial charge is 0.383 e. The summed E-state index contributed by atoms with van der Waals surface area (Å²) in [4.78, 5) is 4.45. The number of hydrogen-bond donors (Lipinski definition) is 2. The molecule has 2 radical (unpaired) electrons. The number of pyridine rings is 1. The Kier molecular flexibility index (Phi) is 6.78. The molecule has 4 aromatic rings. The van der Waals surface area contributed by atoms with E-state index in [9.17, 15) is 9.65 Å². The summed E-state index contributed by atoms with van der Waals surface area (Å²) < 4.78 is 15.6. The smallest absolute Gasteiger partial charge is 0.123 e. The Morgan fingerprint density at radius 2 is 1.97 bits per heavy atom. The van der Waals surface area contributed by atoms with Gasteiger partial charge in [-0.15, -0.1) is 5.10 Å². The fourth-order valence-electron chi connectivity index (χ4n) is 4.26. The molecule has 1 aliphatic carbocycles. The van der Waals surface area contributed by atoms with Gasteiger partial charge in [-0.3, -0.25) is 4.98 Å². The highest BCUT2D eigenvalue weighted by Gasteiger charge is 2.34. The molecule has 1 unspecified atom stereocenters. The minimum absolute atomic E-state index is 0.0182. The Morgan fingerprint density at radius 3 is 2.63 bits per heavy atom. The van der Waals surface area contributed by atoms with E-state index >= 15 is 0 Å². The maximum Gasteiger partial charge on any atom is 0.123 e. The predicted octanol–water partition coefficient (Wildman–Crippen LogP) is 6.16. The molecule has 0 spiro atoms. The maximum absolute atomic E-state index is 13.8. The molecule has 2 aromatic heterocycles. The van der Waals surface area contributed by atoms with E-state index < -0.39 is 5.44 Å². The van der Waals surface area contributed by atoms with Gasteiger partial charge < -0.3 is 10.6 Å². The lowest BCUT2D eigenvalue weighted by atomic mass is 9.69. The van der Waals surface area contributed by atoms with Crippen LogP contribution in [0.3, 0.4) is 0 Å². The van der Waals surface area contributed by atoms with Gasteiger partial charge in [0.25, 0.3) is 0 Å². The van der Waals surface area contributed by atoms with E-state index in [1.54, 1.807) is 18.2 Å². The molecule has 1 fully saturated rings. The lowest BCUT2D eigenvalue weighted by Crippen LogP contribution is -2.37. The van der Waals surface area contributed by atoms with Gasteiger partial charge in [-0.05, 0) is 54.5 Å². The molecule has 7 nitrogen and oxygen atoms in total. The van der Waals surface area contributed by atoms with Crippen molar-refractivity contribution in [3.63, 3.8) is 0 Å². The highest BCUT2D eigenvalue weighted by Crippen LogP contribution is 2.38. The van der Waals surface area contributed by atoms with Crippen molar-refractivity contribution in [1.29, 1.82) is 5.26 Å². The zero-order chi connectivity index (χ0) is 27.1. The molecule has 10 heteroatoms. The quantitative estimate of drug-likeness (QED) is 0.254. The van der Waals surface area contributed by atoms with Gasteiger partial charge in [-0.2, -0.15) is 5.26 Å². The molecule has 2 N–H and O–H groups in total. The van der Waals surface area contributed by atoms with Crippen LogP contribution >= 0.6 is 11.6 Å². The first kappa shape index (κ1) is 26.0. The summed E-state index contributed by atoms with van der Waals surface area (Å²) in [5.74, 6) is -0.368. The number of anilines is 2. The van der Waals surface area contributed by atoms with E-state index in [1.165, 1.54) is 18.3 Å². The summed E-state index contributed by atoms with van der Waals surface area (Å²) in [6.07, 6.45) is 6.41.